The second kappa shape index (κ2) is 8.57. The lowest BCUT2D eigenvalue weighted by Gasteiger charge is -2.12. The molecule has 2 aromatic carbocycles. The molecular weight excluding hydrogens is 439 g/mol. The van der Waals surface area contributed by atoms with Gasteiger partial charge in [-0.15, -0.1) is 0 Å². The molecule has 0 bridgehead atoms. The average Bonchev–Trinajstić information content (AvgIpc) is 2.92. The van der Waals surface area contributed by atoms with Crippen LogP contribution < -0.4 is 10.6 Å². The van der Waals surface area contributed by atoms with Gasteiger partial charge < -0.3 is 10.6 Å². The number of halogens is 2. The Bertz CT molecular complexity index is 1080. The Balaban J connectivity index is 1.82. The van der Waals surface area contributed by atoms with E-state index in [-0.39, 0.29) is 24.1 Å². The number of amides is 2. The highest BCUT2D eigenvalue weighted by molar-refractivity contribution is 9.10. The van der Waals surface area contributed by atoms with Gasteiger partial charge in [-0.05, 0) is 56.3 Å². The standard InChI is InChI=1S/C21H20BrFN4O2/c1-12-18(13(2)27(26-12)17-7-5-16(23)6-8-17)11-21(29)25-20-10-15(22)4-9-19(20)24-14(3)28/h4-10H,11H2,1-3H3,(H,24,28)(H,25,29). The molecule has 0 unspecified atom stereocenters. The predicted molar refractivity (Wildman–Crippen MR) is 114 cm³/mol. The van der Waals surface area contributed by atoms with Crippen molar-refractivity contribution in [1.29, 1.82) is 0 Å². The van der Waals surface area contributed by atoms with Crippen LogP contribution >= 0.6 is 15.9 Å². The normalized spacial score (nSPS) is 10.7. The van der Waals surface area contributed by atoms with E-state index in [1.165, 1.54) is 19.1 Å². The summed E-state index contributed by atoms with van der Waals surface area (Å²) in [6.07, 6.45) is 0.116. The number of anilines is 2. The van der Waals surface area contributed by atoms with Gasteiger partial charge >= 0.3 is 0 Å². The Hall–Kier alpha value is -3.00. The Kier molecular flexibility index (Phi) is 6.12. The molecule has 0 radical (unpaired) electrons. The minimum absolute atomic E-state index is 0.116. The number of carbonyl (C=O) groups is 2. The van der Waals surface area contributed by atoms with Gasteiger partial charge in [0.2, 0.25) is 11.8 Å². The van der Waals surface area contributed by atoms with Crippen molar-refractivity contribution in [3.63, 3.8) is 0 Å². The van der Waals surface area contributed by atoms with Crippen LogP contribution in [0, 0.1) is 19.7 Å². The molecule has 0 atom stereocenters. The summed E-state index contributed by atoms with van der Waals surface area (Å²) in [5, 5.41) is 10.0. The first-order chi connectivity index (χ1) is 13.7. The summed E-state index contributed by atoms with van der Waals surface area (Å²) in [5.74, 6) is -0.784. The third kappa shape index (κ3) is 4.89. The fourth-order valence-electron chi connectivity index (χ4n) is 3.04. The SMILES string of the molecule is CC(=O)Nc1ccc(Br)cc1NC(=O)Cc1c(C)nn(-c2ccc(F)cc2)c1C. The number of nitrogens with zero attached hydrogens (tertiary/aromatic N) is 2. The predicted octanol–water partition coefficient (Wildman–Crippen LogP) is 4.53. The fraction of sp³-hybridized carbons (Fsp3) is 0.190. The summed E-state index contributed by atoms with van der Waals surface area (Å²) in [6.45, 7) is 5.11. The highest BCUT2D eigenvalue weighted by Gasteiger charge is 2.17. The zero-order valence-corrected chi connectivity index (χ0v) is 17.8. The van der Waals surface area contributed by atoms with Crippen LogP contribution in [0.1, 0.15) is 23.9 Å². The highest BCUT2D eigenvalue weighted by Crippen LogP contribution is 2.27. The van der Waals surface area contributed by atoms with Crippen LogP contribution in [0.4, 0.5) is 15.8 Å². The van der Waals surface area contributed by atoms with Crippen LogP contribution in [0.15, 0.2) is 46.9 Å². The number of rotatable bonds is 5. The average molecular weight is 459 g/mol. The maximum absolute atomic E-state index is 13.2. The molecule has 3 aromatic rings. The van der Waals surface area contributed by atoms with Crippen molar-refractivity contribution in [2.75, 3.05) is 10.6 Å². The number of nitrogens with one attached hydrogen (secondary N) is 2. The monoisotopic (exact) mass is 458 g/mol. The van der Waals surface area contributed by atoms with Crippen molar-refractivity contribution in [1.82, 2.24) is 9.78 Å². The van der Waals surface area contributed by atoms with Crippen LogP contribution in [0.25, 0.3) is 5.69 Å². The van der Waals surface area contributed by atoms with E-state index in [2.05, 4.69) is 31.7 Å². The Labute approximate surface area is 176 Å². The maximum atomic E-state index is 13.2. The van der Waals surface area contributed by atoms with E-state index in [1.54, 1.807) is 35.0 Å². The smallest absolute Gasteiger partial charge is 0.228 e. The molecule has 3 rings (SSSR count). The van der Waals surface area contributed by atoms with Crippen molar-refractivity contribution in [2.24, 2.45) is 0 Å². The molecule has 6 nitrogen and oxygen atoms in total. The first kappa shape index (κ1) is 20.7. The summed E-state index contributed by atoms with van der Waals surface area (Å²) in [5.41, 5.74) is 4.06. The van der Waals surface area contributed by atoms with Crippen LogP contribution in [0.5, 0.6) is 0 Å². The summed E-state index contributed by atoms with van der Waals surface area (Å²) in [7, 11) is 0. The molecule has 150 valence electrons. The van der Waals surface area contributed by atoms with Crippen LogP contribution in [-0.4, -0.2) is 21.6 Å². The lowest BCUT2D eigenvalue weighted by Crippen LogP contribution is -2.17. The third-order valence-electron chi connectivity index (χ3n) is 4.42. The van der Waals surface area contributed by atoms with Crippen LogP contribution in [-0.2, 0) is 16.0 Å². The number of hydrogen-bond donors (Lipinski definition) is 2. The fourth-order valence-corrected chi connectivity index (χ4v) is 3.40. The van der Waals surface area contributed by atoms with Crippen LogP contribution in [0.3, 0.4) is 0 Å². The van der Waals surface area contributed by atoms with Gasteiger partial charge in [0, 0.05) is 22.7 Å². The Morgan fingerprint density at radius 1 is 1.07 bits per heavy atom. The summed E-state index contributed by atoms with van der Waals surface area (Å²) in [6, 6.07) is 11.2. The van der Waals surface area contributed by atoms with Gasteiger partial charge in [-0.3, -0.25) is 9.59 Å². The third-order valence-corrected chi connectivity index (χ3v) is 4.91. The van der Waals surface area contributed by atoms with E-state index in [0.29, 0.717) is 11.4 Å². The van der Waals surface area contributed by atoms with Crippen molar-refractivity contribution < 1.29 is 14.0 Å². The Morgan fingerprint density at radius 2 is 1.76 bits per heavy atom. The molecule has 0 spiro atoms. The summed E-state index contributed by atoms with van der Waals surface area (Å²) in [4.78, 5) is 24.1. The molecular formula is C21H20BrFN4O2. The van der Waals surface area contributed by atoms with E-state index in [1.807, 2.05) is 13.8 Å². The largest absolute Gasteiger partial charge is 0.325 e. The Morgan fingerprint density at radius 3 is 2.41 bits per heavy atom. The van der Waals surface area contributed by atoms with Gasteiger partial charge in [0.25, 0.3) is 0 Å². The van der Waals surface area contributed by atoms with Crippen molar-refractivity contribution in [2.45, 2.75) is 27.2 Å². The number of hydrogen-bond acceptors (Lipinski definition) is 3. The quantitative estimate of drug-likeness (QED) is 0.589. The topological polar surface area (TPSA) is 76.0 Å². The van der Waals surface area contributed by atoms with Gasteiger partial charge in [-0.25, -0.2) is 9.07 Å². The van der Waals surface area contributed by atoms with Gasteiger partial charge in [0.1, 0.15) is 5.82 Å². The second-order valence-corrected chi connectivity index (χ2v) is 7.55. The highest BCUT2D eigenvalue weighted by atomic mass is 79.9. The summed E-state index contributed by atoms with van der Waals surface area (Å²) < 4.78 is 15.7. The van der Waals surface area contributed by atoms with E-state index in [4.69, 9.17) is 0 Å². The zero-order valence-electron chi connectivity index (χ0n) is 16.2. The molecule has 29 heavy (non-hydrogen) atoms. The van der Waals surface area contributed by atoms with E-state index < -0.39 is 0 Å². The first-order valence-corrected chi connectivity index (χ1v) is 9.72. The molecule has 0 fully saturated rings. The molecule has 0 aliphatic heterocycles. The molecule has 2 N–H and O–H groups in total. The minimum Gasteiger partial charge on any atom is -0.325 e. The number of benzene rings is 2. The lowest BCUT2D eigenvalue weighted by molar-refractivity contribution is -0.116. The van der Waals surface area contributed by atoms with Crippen molar-refractivity contribution in [3.05, 3.63) is 69.7 Å². The van der Waals surface area contributed by atoms with E-state index in [0.717, 1.165) is 27.1 Å². The molecule has 2 amide bonds. The van der Waals surface area contributed by atoms with Crippen molar-refractivity contribution in [3.8, 4) is 5.69 Å². The molecule has 0 saturated carbocycles. The number of carbonyl (C=O) groups excluding carboxylic acids is 2. The number of aromatic nitrogens is 2. The minimum atomic E-state index is -0.320. The molecule has 1 heterocycles. The van der Waals surface area contributed by atoms with E-state index in [9.17, 15) is 14.0 Å². The van der Waals surface area contributed by atoms with Crippen LogP contribution in [0.2, 0.25) is 0 Å². The lowest BCUT2D eigenvalue weighted by atomic mass is 10.1. The summed E-state index contributed by atoms with van der Waals surface area (Å²) >= 11 is 3.37. The molecule has 0 aliphatic carbocycles. The molecule has 1 aromatic heterocycles. The van der Waals surface area contributed by atoms with Gasteiger partial charge in [-0.2, -0.15) is 5.10 Å². The zero-order chi connectivity index (χ0) is 21.1. The molecule has 8 heteroatoms. The first-order valence-electron chi connectivity index (χ1n) is 8.92. The maximum Gasteiger partial charge on any atom is 0.228 e. The van der Waals surface area contributed by atoms with E-state index >= 15 is 0 Å². The second-order valence-electron chi connectivity index (χ2n) is 6.63. The molecule has 0 aliphatic rings. The van der Waals surface area contributed by atoms with Gasteiger partial charge in [-0.1, -0.05) is 15.9 Å². The van der Waals surface area contributed by atoms with Gasteiger partial charge in [0.05, 0.1) is 29.2 Å². The number of aryl methyl sites for hydroxylation is 1. The van der Waals surface area contributed by atoms with Gasteiger partial charge in [0.15, 0.2) is 0 Å². The van der Waals surface area contributed by atoms with Crippen molar-refractivity contribution >= 4 is 39.1 Å². The molecule has 0 saturated heterocycles.